The topological polar surface area (TPSA) is 32.3 Å². The van der Waals surface area contributed by atoms with Crippen LogP contribution in [-0.4, -0.2) is 29.9 Å². The predicted octanol–water partition coefficient (Wildman–Crippen LogP) is 4.22. The minimum Gasteiger partial charge on any atom is -0.385 e. The lowest BCUT2D eigenvalue weighted by Crippen LogP contribution is -2.38. The van der Waals surface area contributed by atoms with Crippen molar-refractivity contribution in [2.75, 3.05) is 18.4 Å². The zero-order valence-corrected chi connectivity index (χ0v) is 13.6. The minimum absolute atomic E-state index is 0.189. The third-order valence-corrected chi connectivity index (χ3v) is 4.35. The number of hydrogen-bond donors (Lipinski definition) is 1. The predicted molar refractivity (Wildman–Crippen MR) is 88.9 cm³/mol. The third kappa shape index (κ3) is 3.99. The number of nitrogens with one attached hydrogen (secondary N) is 1. The first-order valence-electron chi connectivity index (χ1n) is 8.29. The molecule has 1 aliphatic heterocycles. The molecule has 0 aliphatic carbocycles. The number of benzene rings is 1. The van der Waals surface area contributed by atoms with Gasteiger partial charge in [-0.25, -0.2) is 0 Å². The van der Waals surface area contributed by atoms with E-state index in [0.29, 0.717) is 6.04 Å². The van der Waals surface area contributed by atoms with Gasteiger partial charge < -0.3 is 10.2 Å². The SMILES string of the molecule is CCCNc1ccc(C(=O)N2CCCCCC2C)cc1C. The molecule has 21 heavy (non-hydrogen) atoms. The fourth-order valence-electron chi connectivity index (χ4n) is 3.00. The van der Waals surface area contributed by atoms with E-state index in [1.165, 1.54) is 12.8 Å². The van der Waals surface area contributed by atoms with Gasteiger partial charge in [0.1, 0.15) is 0 Å². The van der Waals surface area contributed by atoms with Crippen LogP contribution in [0.25, 0.3) is 0 Å². The molecule has 1 saturated heterocycles. The average molecular weight is 288 g/mol. The molecule has 1 aromatic carbocycles. The highest BCUT2D eigenvalue weighted by Crippen LogP contribution is 2.22. The van der Waals surface area contributed by atoms with E-state index in [0.717, 1.165) is 49.2 Å². The maximum Gasteiger partial charge on any atom is 0.254 e. The van der Waals surface area contributed by atoms with Crippen molar-refractivity contribution < 1.29 is 4.79 Å². The summed E-state index contributed by atoms with van der Waals surface area (Å²) >= 11 is 0. The zero-order valence-electron chi connectivity index (χ0n) is 13.6. The van der Waals surface area contributed by atoms with Crippen molar-refractivity contribution in [3.8, 4) is 0 Å². The monoisotopic (exact) mass is 288 g/mol. The highest BCUT2D eigenvalue weighted by Gasteiger charge is 2.23. The number of rotatable bonds is 4. The Bertz CT molecular complexity index is 484. The van der Waals surface area contributed by atoms with Crippen LogP contribution in [0.5, 0.6) is 0 Å². The second kappa shape index (κ2) is 7.48. The molecule has 0 bridgehead atoms. The summed E-state index contributed by atoms with van der Waals surface area (Å²) in [6.07, 6.45) is 5.84. The van der Waals surface area contributed by atoms with Crippen LogP contribution in [0.2, 0.25) is 0 Å². The van der Waals surface area contributed by atoms with E-state index in [2.05, 4.69) is 31.0 Å². The summed E-state index contributed by atoms with van der Waals surface area (Å²) in [5.74, 6) is 0.189. The second-order valence-corrected chi connectivity index (χ2v) is 6.15. The van der Waals surface area contributed by atoms with E-state index in [1.807, 2.05) is 18.2 Å². The Balaban J connectivity index is 2.13. The maximum atomic E-state index is 12.7. The van der Waals surface area contributed by atoms with Gasteiger partial charge in [-0.3, -0.25) is 4.79 Å². The van der Waals surface area contributed by atoms with Gasteiger partial charge in [0, 0.05) is 30.4 Å². The van der Waals surface area contributed by atoms with Crippen LogP contribution in [-0.2, 0) is 0 Å². The summed E-state index contributed by atoms with van der Waals surface area (Å²) < 4.78 is 0. The smallest absolute Gasteiger partial charge is 0.254 e. The van der Waals surface area contributed by atoms with Crippen LogP contribution in [0.1, 0.15) is 61.9 Å². The van der Waals surface area contributed by atoms with E-state index in [-0.39, 0.29) is 5.91 Å². The highest BCUT2D eigenvalue weighted by atomic mass is 16.2. The van der Waals surface area contributed by atoms with E-state index >= 15 is 0 Å². The van der Waals surface area contributed by atoms with Gasteiger partial charge in [-0.2, -0.15) is 0 Å². The Kier molecular flexibility index (Phi) is 5.66. The molecule has 1 fully saturated rings. The molecular formula is C18H28N2O. The Hall–Kier alpha value is -1.51. The number of amides is 1. The lowest BCUT2D eigenvalue weighted by molar-refractivity contribution is 0.0698. The number of hydrogen-bond acceptors (Lipinski definition) is 2. The van der Waals surface area contributed by atoms with Crippen molar-refractivity contribution >= 4 is 11.6 Å². The molecule has 1 atom stereocenters. The van der Waals surface area contributed by atoms with Gasteiger partial charge in [0.05, 0.1) is 0 Å². The second-order valence-electron chi connectivity index (χ2n) is 6.15. The maximum absolute atomic E-state index is 12.7. The molecule has 2 rings (SSSR count). The molecule has 1 aromatic rings. The number of nitrogens with zero attached hydrogens (tertiary/aromatic N) is 1. The normalized spacial score (nSPS) is 19.2. The lowest BCUT2D eigenvalue weighted by Gasteiger charge is -2.27. The number of anilines is 1. The summed E-state index contributed by atoms with van der Waals surface area (Å²) in [6.45, 7) is 8.26. The zero-order chi connectivity index (χ0) is 15.2. The third-order valence-electron chi connectivity index (χ3n) is 4.35. The van der Waals surface area contributed by atoms with Crippen LogP contribution >= 0.6 is 0 Å². The fourth-order valence-corrected chi connectivity index (χ4v) is 3.00. The van der Waals surface area contributed by atoms with Gasteiger partial charge in [-0.05, 0) is 56.9 Å². The first-order chi connectivity index (χ1) is 10.1. The van der Waals surface area contributed by atoms with Crippen molar-refractivity contribution in [1.82, 2.24) is 4.90 Å². The van der Waals surface area contributed by atoms with Gasteiger partial charge in [-0.1, -0.05) is 19.8 Å². The summed E-state index contributed by atoms with van der Waals surface area (Å²) in [5.41, 5.74) is 3.11. The van der Waals surface area contributed by atoms with E-state index in [1.54, 1.807) is 0 Å². The first kappa shape index (κ1) is 15.9. The summed E-state index contributed by atoms with van der Waals surface area (Å²) in [4.78, 5) is 14.8. The average Bonchev–Trinajstić information content (AvgIpc) is 2.70. The number of carbonyl (C=O) groups excluding carboxylic acids is 1. The summed E-state index contributed by atoms with van der Waals surface area (Å²) in [6, 6.07) is 6.39. The molecule has 1 N–H and O–H groups in total. The van der Waals surface area contributed by atoms with Crippen molar-refractivity contribution in [3.63, 3.8) is 0 Å². The molecular weight excluding hydrogens is 260 g/mol. The van der Waals surface area contributed by atoms with Crippen LogP contribution in [0.4, 0.5) is 5.69 Å². The standard InChI is InChI=1S/C18H28N2O/c1-4-11-19-17-10-9-16(13-14(17)2)18(21)20-12-7-5-6-8-15(20)3/h9-10,13,15,19H,4-8,11-12H2,1-3H3. The molecule has 116 valence electrons. The Labute approximate surface area is 128 Å². The lowest BCUT2D eigenvalue weighted by atomic mass is 10.1. The van der Waals surface area contributed by atoms with E-state index < -0.39 is 0 Å². The largest absolute Gasteiger partial charge is 0.385 e. The van der Waals surface area contributed by atoms with Gasteiger partial charge in [0.15, 0.2) is 0 Å². The van der Waals surface area contributed by atoms with Crippen LogP contribution in [0.15, 0.2) is 18.2 Å². The van der Waals surface area contributed by atoms with Crippen LogP contribution < -0.4 is 5.32 Å². The molecule has 0 spiro atoms. The summed E-state index contributed by atoms with van der Waals surface area (Å²) in [7, 11) is 0. The molecule has 0 saturated carbocycles. The van der Waals surface area contributed by atoms with Crippen LogP contribution in [0, 0.1) is 6.92 Å². The van der Waals surface area contributed by atoms with Gasteiger partial charge in [0.2, 0.25) is 0 Å². The molecule has 1 aliphatic rings. The van der Waals surface area contributed by atoms with Crippen molar-refractivity contribution in [1.29, 1.82) is 0 Å². The molecule has 0 radical (unpaired) electrons. The molecule has 3 nitrogen and oxygen atoms in total. The first-order valence-corrected chi connectivity index (χ1v) is 8.29. The van der Waals surface area contributed by atoms with Crippen molar-refractivity contribution in [2.45, 2.75) is 58.9 Å². The number of aryl methyl sites for hydroxylation is 1. The van der Waals surface area contributed by atoms with E-state index in [4.69, 9.17) is 0 Å². The molecule has 0 aromatic heterocycles. The van der Waals surface area contributed by atoms with Gasteiger partial charge in [0.25, 0.3) is 5.91 Å². The Morgan fingerprint density at radius 2 is 2.14 bits per heavy atom. The number of carbonyl (C=O) groups is 1. The van der Waals surface area contributed by atoms with Crippen molar-refractivity contribution in [2.24, 2.45) is 0 Å². The van der Waals surface area contributed by atoms with E-state index in [9.17, 15) is 4.79 Å². The van der Waals surface area contributed by atoms with Crippen molar-refractivity contribution in [3.05, 3.63) is 29.3 Å². The number of likely N-dealkylation sites (tertiary alicyclic amines) is 1. The quantitative estimate of drug-likeness (QED) is 0.899. The molecule has 1 heterocycles. The fraction of sp³-hybridized carbons (Fsp3) is 0.611. The Morgan fingerprint density at radius 1 is 1.33 bits per heavy atom. The molecule has 3 heteroatoms. The van der Waals surface area contributed by atoms with Gasteiger partial charge >= 0.3 is 0 Å². The molecule has 1 unspecified atom stereocenters. The molecule has 1 amide bonds. The Morgan fingerprint density at radius 3 is 2.86 bits per heavy atom. The highest BCUT2D eigenvalue weighted by molar-refractivity contribution is 5.95. The summed E-state index contributed by atoms with van der Waals surface area (Å²) in [5, 5.41) is 3.40. The minimum atomic E-state index is 0.189. The van der Waals surface area contributed by atoms with Gasteiger partial charge in [-0.15, -0.1) is 0 Å². The van der Waals surface area contributed by atoms with Crippen LogP contribution in [0.3, 0.4) is 0 Å².